The number of aromatic nitrogens is 4. The molecule has 1 atom stereocenters. The average molecular weight is 301 g/mol. The van der Waals surface area contributed by atoms with Crippen molar-refractivity contribution in [2.45, 2.75) is 33.1 Å². The van der Waals surface area contributed by atoms with E-state index >= 15 is 0 Å². The van der Waals surface area contributed by atoms with Crippen LogP contribution in [0.5, 0.6) is 0 Å². The third-order valence-corrected chi connectivity index (χ3v) is 3.62. The molecule has 1 fully saturated rings. The highest BCUT2D eigenvalue weighted by atomic mass is 16.5. The largest absolute Gasteiger partial charge is 0.342 e. The monoisotopic (exact) mass is 301 g/mol. The second-order valence-electron chi connectivity index (χ2n) is 6.11. The zero-order valence-corrected chi connectivity index (χ0v) is 13.0. The molecule has 116 valence electrons. The van der Waals surface area contributed by atoms with Crippen molar-refractivity contribution >= 4 is 5.91 Å². The van der Waals surface area contributed by atoms with Crippen molar-refractivity contribution in [2.75, 3.05) is 13.1 Å². The molecule has 0 saturated carbocycles. The lowest BCUT2D eigenvalue weighted by Crippen LogP contribution is -2.29. The van der Waals surface area contributed by atoms with Crippen LogP contribution < -0.4 is 0 Å². The van der Waals surface area contributed by atoms with Crippen molar-refractivity contribution in [3.63, 3.8) is 0 Å². The number of aryl methyl sites for hydroxylation is 1. The summed E-state index contributed by atoms with van der Waals surface area (Å²) in [6.45, 7) is 7.47. The van der Waals surface area contributed by atoms with Gasteiger partial charge >= 0.3 is 0 Å². The maximum Gasteiger partial charge on any atom is 0.232 e. The van der Waals surface area contributed by atoms with E-state index in [1.165, 1.54) is 0 Å². The van der Waals surface area contributed by atoms with Gasteiger partial charge in [0.2, 0.25) is 17.6 Å². The predicted molar refractivity (Wildman–Crippen MR) is 78.8 cm³/mol. The van der Waals surface area contributed by atoms with E-state index in [2.05, 4.69) is 34.2 Å². The summed E-state index contributed by atoms with van der Waals surface area (Å²) >= 11 is 0. The first-order valence-electron chi connectivity index (χ1n) is 7.45. The number of carbonyl (C=O) groups is 1. The smallest absolute Gasteiger partial charge is 0.232 e. The van der Waals surface area contributed by atoms with E-state index < -0.39 is 0 Å². The Balaban J connectivity index is 1.74. The van der Waals surface area contributed by atoms with Gasteiger partial charge in [-0.15, -0.1) is 5.10 Å². The maximum atomic E-state index is 12.0. The fourth-order valence-electron chi connectivity index (χ4n) is 2.58. The molecule has 3 heterocycles. The molecule has 1 saturated heterocycles. The molecule has 2 aromatic rings. The first kappa shape index (κ1) is 14.6. The van der Waals surface area contributed by atoms with Gasteiger partial charge in [-0.25, -0.2) is 0 Å². The van der Waals surface area contributed by atoms with Crippen LogP contribution in [0.15, 0.2) is 16.7 Å². The molecule has 0 spiro atoms. The zero-order chi connectivity index (χ0) is 15.7. The highest BCUT2D eigenvalue weighted by Gasteiger charge is 2.34. The number of likely N-dealkylation sites (tertiary alicyclic amines) is 1. The molecule has 0 N–H and O–H groups in total. The summed E-state index contributed by atoms with van der Waals surface area (Å²) < 4.78 is 5.33. The van der Waals surface area contributed by atoms with E-state index in [1.807, 2.05) is 24.0 Å². The molecule has 0 aromatic carbocycles. The SMILES string of the molecule is Cc1ccc(-c2noc(C3CC(=O)N(CC(C)C)C3)n2)nn1. The van der Waals surface area contributed by atoms with E-state index in [1.54, 1.807) is 0 Å². The number of rotatable bonds is 4. The molecule has 0 aliphatic carbocycles. The molecule has 1 amide bonds. The molecule has 7 heteroatoms. The highest BCUT2D eigenvalue weighted by molar-refractivity contribution is 5.79. The Kier molecular flexibility index (Phi) is 3.87. The average Bonchev–Trinajstić information content (AvgIpc) is 3.07. The van der Waals surface area contributed by atoms with Crippen LogP contribution in [0.1, 0.15) is 37.8 Å². The molecule has 3 rings (SSSR count). The second kappa shape index (κ2) is 5.82. The van der Waals surface area contributed by atoms with Crippen molar-refractivity contribution < 1.29 is 9.32 Å². The van der Waals surface area contributed by atoms with Crippen molar-refractivity contribution in [3.8, 4) is 11.5 Å². The van der Waals surface area contributed by atoms with Crippen molar-refractivity contribution in [3.05, 3.63) is 23.7 Å². The maximum absolute atomic E-state index is 12.0. The van der Waals surface area contributed by atoms with Crippen molar-refractivity contribution in [1.29, 1.82) is 0 Å². The van der Waals surface area contributed by atoms with Gasteiger partial charge in [0.25, 0.3) is 0 Å². The lowest BCUT2D eigenvalue weighted by Gasteiger charge is -2.18. The summed E-state index contributed by atoms with van der Waals surface area (Å²) in [5, 5.41) is 12.0. The summed E-state index contributed by atoms with van der Waals surface area (Å²) in [6, 6.07) is 3.66. The van der Waals surface area contributed by atoms with Crippen LogP contribution in [0.25, 0.3) is 11.5 Å². The Morgan fingerprint density at radius 3 is 2.86 bits per heavy atom. The van der Waals surface area contributed by atoms with E-state index in [0.29, 0.717) is 36.3 Å². The van der Waals surface area contributed by atoms with Gasteiger partial charge in [0.15, 0.2) is 0 Å². The van der Waals surface area contributed by atoms with Crippen LogP contribution >= 0.6 is 0 Å². The summed E-state index contributed by atoms with van der Waals surface area (Å²) in [4.78, 5) is 18.3. The second-order valence-corrected chi connectivity index (χ2v) is 6.11. The topological polar surface area (TPSA) is 85.0 Å². The molecule has 22 heavy (non-hydrogen) atoms. The minimum atomic E-state index is -0.0362. The molecular weight excluding hydrogens is 282 g/mol. The fraction of sp³-hybridized carbons (Fsp3) is 0.533. The first-order chi connectivity index (χ1) is 10.5. The molecule has 1 unspecified atom stereocenters. The van der Waals surface area contributed by atoms with Crippen LogP contribution in [0.3, 0.4) is 0 Å². The summed E-state index contributed by atoms with van der Waals surface area (Å²) in [6.07, 6.45) is 0.425. The molecule has 1 aliphatic heterocycles. The third-order valence-electron chi connectivity index (χ3n) is 3.62. The summed E-state index contributed by atoms with van der Waals surface area (Å²) in [5.74, 6) is 1.47. The van der Waals surface area contributed by atoms with Crippen LogP contribution in [0.2, 0.25) is 0 Å². The Labute approximate surface area is 128 Å². The van der Waals surface area contributed by atoms with Gasteiger partial charge in [-0.3, -0.25) is 4.79 Å². The van der Waals surface area contributed by atoms with Gasteiger partial charge in [-0.2, -0.15) is 10.1 Å². The van der Waals surface area contributed by atoms with E-state index in [9.17, 15) is 4.79 Å². The Morgan fingerprint density at radius 1 is 1.36 bits per heavy atom. The Morgan fingerprint density at radius 2 is 2.18 bits per heavy atom. The minimum Gasteiger partial charge on any atom is -0.342 e. The number of amides is 1. The van der Waals surface area contributed by atoms with Crippen LogP contribution in [-0.2, 0) is 4.79 Å². The number of carbonyl (C=O) groups excluding carboxylic acids is 1. The quantitative estimate of drug-likeness (QED) is 0.856. The lowest BCUT2D eigenvalue weighted by atomic mass is 10.1. The zero-order valence-electron chi connectivity index (χ0n) is 13.0. The van der Waals surface area contributed by atoms with Gasteiger partial charge in [0, 0.05) is 19.5 Å². The van der Waals surface area contributed by atoms with E-state index in [-0.39, 0.29) is 11.8 Å². The standard InChI is InChI=1S/C15H19N5O2/c1-9(2)7-20-8-11(6-13(20)21)15-16-14(19-22-15)12-5-4-10(3)17-18-12/h4-5,9,11H,6-8H2,1-3H3. The molecule has 0 bridgehead atoms. The minimum absolute atomic E-state index is 0.0362. The van der Waals surface area contributed by atoms with E-state index in [0.717, 1.165) is 12.2 Å². The first-order valence-corrected chi connectivity index (χ1v) is 7.45. The molecular formula is C15H19N5O2. The number of hydrogen-bond acceptors (Lipinski definition) is 6. The van der Waals surface area contributed by atoms with Crippen LogP contribution in [0, 0.1) is 12.8 Å². The molecule has 2 aromatic heterocycles. The van der Waals surface area contributed by atoms with Crippen molar-refractivity contribution in [2.24, 2.45) is 5.92 Å². The fourth-order valence-corrected chi connectivity index (χ4v) is 2.58. The third kappa shape index (κ3) is 2.98. The highest BCUT2D eigenvalue weighted by Crippen LogP contribution is 2.28. The van der Waals surface area contributed by atoms with Gasteiger partial charge in [0.1, 0.15) is 5.69 Å². The number of hydrogen-bond donors (Lipinski definition) is 0. The van der Waals surface area contributed by atoms with Gasteiger partial charge in [-0.05, 0) is 25.0 Å². The van der Waals surface area contributed by atoms with Gasteiger partial charge < -0.3 is 9.42 Å². The normalized spacial score (nSPS) is 18.5. The lowest BCUT2D eigenvalue weighted by molar-refractivity contribution is -0.128. The van der Waals surface area contributed by atoms with E-state index in [4.69, 9.17) is 4.52 Å². The van der Waals surface area contributed by atoms with Gasteiger partial charge in [0.05, 0.1) is 11.6 Å². The molecule has 1 aliphatic rings. The Bertz CT molecular complexity index is 665. The molecule has 7 nitrogen and oxygen atoms in total. The molecule has 0 radical (unpaired) electrons. The predicted octanol–water partition coefficient (Wildman–Crippen LogP) is 1.81. The van der Waals surface area contributed by atoms with Crippen molar-refractivity contribution in [1.82, 2.24) is 25.2 Å². The van der Waals surface area contributed by atoms with Gasteiger partial charge in [-0.1, -0.05) is 19.0 Å². The number of nitrogens with zero attached hydrogens (tertiary/aromatic N) is 5. The van der Waals surface area contributed by atoms with Crippen LogP contribution in [0.4, 0.5) is 0 Å². The van der Waals surface area contributed by atoms with Crippen LogP contribution in [-0.4, -0.2) is 44.2 Å². The summed E-state index contributed by atoms with van der Waals surface area (Å²) in [5.41, 5.74) is 1.40. The summed E-state index contributed by atoms with van der Waals surface area (Å²) in [7, 11) is 0. The Hall–Kier alpha value is -2.31.